The number of piperidine rings is 1. The van der Waals surface area contributed by atoms with Gasteiger partial charge in [0, 0.05) is 59.8 Å². The zero-order valence-corrected chi connectivity index (χ0v) is 14.5. The molecule has 3 heterocycles. The maximum Gasteiger partial charge on any atom is 0.225 e. The van der Waals surface area contributed by atoms with E-state index in [1.54, 1.807) is 0 Å². The first kappa shape index (κ1) is 16.0. The zero-order chi connectivity index (χ0) is 16.5. The Morgan fingerprint density at radius 1 is 1.12 bits per heavy atom. The number of carbonyl (C=O) groups is 1. The average molecular weight is 347 g/mol. The fourth-order valence-electron chi connectivity index (χ4n) is 3.96. The first-order chi connectivity index (χ1) is 11.7. The number of benzene rings is 1. The molecule has 0 spiro atoms. The van der Waals surface area contributed by atoms with Crippen LogP contribution in [0, 0.1) is 5.92 Å². The standard InChI is InChI=1S/C19H23ClN2O2/c20-16-1-2-17-15(11-16)12-18(21-17)13-3-7-22(8-4-13)19(23)14-5-9-24-10-6-14/h1-2,11-14,21H,3-10H2. The van der Waals surface area contributed by atoms with Crippen LogP contribution in [0.4, 0.5) is 0 Å². The van der Waals surface area contributed by atoms with Gasteiger partial charge in [0.1, 0.15) is 0 Å². The second kappa shape index (κ2) is 6.77. The first-order valence-corrected chi connectivity index (χ1v) is 9.23. The van der Waals surface area contributed by atoms with Gasteiger partial charge in [-0.25, -0.2) is 0 Å². The highest BCUT2D eigenvalue weighted by Crippen LogP contribution is 2.31. The predicted octanol–water partition coefficient (Wildman–Crippen LogP) is 3.95. The molecule has 4 rings (SSSR count). The van der Waals surface area contributed by atoms with Gasteiger partial charge >= 0.3 is 0 Å². The molecule has 0 unspecified atom stereocenters. The topological polar surface area (TPSA) is 45.3 Å². The molecule has 5 heteroatoms. The Bertz CT molecular complexity index is 728. The number of aromatic amines is 1. The molecule has 1 aromatic carbocycles. The summed E-state index contributed by atoms with van der Waals surface area (Å²) >= 11 is 6.07. The van der Waals surface area contributed by atoms with Crippen molar-refractivity contribution in [2.24, 2.45) is 5.92 Å². The minimum Gasteiger partial charge on any atom is -0.381 e. The third-order valence-electron chi connectivity index (χ3n) is 5.42. The fraction of sp³-hybridized carbons (Fsp3) is 0.526. The molecular weight excluding hydrogens is 324 g/mol. The van der Waals surface area contributed by atoms with Crippen LogP contribution >= 0.6 is 11.6 Å². The van der Waals surface area contributed by atoms with Gasteiger partial charge in [-0.3, -0.25) is 4.79 Å². The van der Waals surface area contributed by atoms with Crippen LogP contribution in [0.15, 0.2) is 24.3 Å². The number of likely N-dealkylation sites (tertiary alicyclic amines) is 1. The molecule has 1 aromatic heterocycles. The van der Waals surface area contributed by atoms with Crippen LogP contribution in [-0.4, -0.2) is 42.1 Å². The predicted molar refractivity (Wildman–Crippen MR) is 95.4 cm³/mol. The molecule has 2 aliphatic heterocycles. The van der Waals surface area contributed by atoms with E-state index in [0.717, 1.165) is 62.5 Å². The maximum absolute atomic E-state index is 12.6. The van der Waals surface area contributed by atoms with Crippen molar-refractivity contribution in [1.29, 1.82) is 0 Å². The summed E-state index contributed by atoms with van der Waals surface area (Å²) in [7, 11) is 0. The molecule has 4 nitrogen and oxygen atoms in total. The Hall–Kier alpha value is -1.52. The van der Waals surface area contributed by atoms with Crippen LogP contribution in [0.3, 0.4) is 0 Å². The van der Waals surface area contributed by atoms with Crippen molar-refractivity contribution in [1.82, 2.24) is 9.88 Å². The van der Waals surface area contributed by atoms with Gasteiger partial charge in [-0.2, -0.15) is 0 Å². The van der Waals surface area contributed by atoms with Crippen LogP contribution < -0.4 is 0 Å². The molecule has 0 bridgehead atoms. The summed E-state index contributed by atoms with van der Waals surface area (Å²) < 4.78 is 5.37. The van der Waals surface area contributed by atoms with Crippen molar-refractivity contribution in [3.8, 4) is 0 Å². The zero-order valence-electron chi connectivity index (χ0n) is 13.8. The summed E-state index contributed by atoms with van der Waals surface area (Å²) in [5.74, 6) is 1.00. The number of ether oxygens (including phenoxy) is 1. The monoisotopic (exact) mass is 346 g/mol. The molecule has 2 saturated heterocycles. The highest BCUT2D eigenvalue weighted by molar-refractivity contribution is 6.31. The van der Waals surface area contributed by atoms with Gasteiger partial charge in [-0.1, -0.05) is 11.6 Å². The second-order valence-corrected chi connectivity index (χ2v) is 7.38. The molecule has 128 valence electrons. The molecule has 0 aliphatic carbocycles. The van der Waals surface area contributed by atoms with Crippen LogP contribution in [0.25, 0.3) is 10.9 Å². The van der Waals surface area contributed by atoms with Crippen molar-refractivity contribution in [3.05, 3.63) is 35.0 Å². The number of halogens is 1. The highest BCUT2D eigenvalue weighted by atomic mass is 35.5. The van der Waals surface area contributed by atoms with Crippen LogP contribution in [0.5, 0.6) is 0 Å². The van der Waals surface area contributed by atoms with Gasteiger partial charge in [-0.05, 0) is 49.9 Å². The molecule has 2 fully saturated rings. The fourth-order valence-corrected chi connectivity index (χ4v) is 4.14. The van der Waals surface area contributed by atoms with Gasteiger partial charge in [0.15, 0.2) is 0 Å². The van der Waals surface area contributed by atoms with Gasteiger partial charge < -0.3 is 14.6 Å². The van der Waals surface area contributed by atoms with E-state index in [-0.39, 0.29) is 5.92 Å². The molecule has 24 heavy (non-hydrogen) atoms. The lowest BCUT2D eigenvalue weighted by Crippen LogP contribution is -2.42. The Balaban J connectivity index is 1.40. The molecule has 1 N–H and O–H groups in total. The molecule has 2 aliphatic rings. The van der Waals surface area contributed by atoms with Crippen LogP contribution in [0.1, 0.15) is 37.3 Å². The first-order valence-electron chi connectivity index (χ1n) is 8.85. The van der Waals surface area contributed by atoms with E-state index in [0.29, 0.717) is 11.8 Å². The summed E-state index contributed by atoms with van der Waals surface area (Å²) in [5.41, 5.74) is 2.40. The Morgan fingerprint density at radius 3 is 2.62 bits per heavy atom. The second-order valence-electron chi connectivity index (χ2n) is 6.94. The van der Waals surface area contributed by atoms with Gasteiger partial charge in [-0.15, -0.1) is 0 Å². The molecule has 0 radical (unpaired) electrons. The smallest absolute Gasteiger partial charge is 0.225 e. The van der Waals surface area contributed by atoms with Crippen molar-refractivity contribution in [2.45, 2.75) is 31.6 Å². The number of nitrogens with zero attached hydrogens (tertiary/aromatic N) is 1. The quantitative estimate of drug-likeness (QED) is 0.894. The number of nitrogens with one attached hydrogen (secondary N) is 1. The van der Waals surface area contributed by atoms with Crippen LogP contribution in [0.2, 0.25) is 5.02 Å². The van der Waals surface area contributed by atoms with Crippen molar-refractivity contribution in [2.75, 3.05) is 26.3 Å². The normalized spacial score (nSPS) is 20.6. The summed E-state index contributed by atoms with van der Waals surface area (Å²) in [4.78, 5) is 18.2. The number of carbonyl (C=O) groups excluding carboxylic acids is 1. The molecule has 0 saturated carbocycles. The average Bonchev–Trinajstić information content (AvgIpc) is 3.05. The van der Waals surface area contributed by atoms with E-state index in [1.165, 1.54) is 11.1 Å². The van der Waals surface area contributed by atoms with Crippen molar-refractivity contribution < 1.29 is 9.53 Å². The van der Waals surface area contributed by atoms with Gasteiger partial charge in [0.2, 0.25) is 5.91 Å². The lowest BCUT2D eigenvalue weighted by molar-refractivity contribution is -0.139. The third kappa shape index (κ3) is 3.17. The van der Waals surface area contributed by atoms with E-state index in [9.17, 15) is 4.79 Å². The number of aromatic nitrogens is 1. The summed E-state index contributed by atoms with van der Waals surface area (Å²) in [6.45, 7) is 3.17. The number of fused-ring (bicyclic) bond motifs is 1. The summed E-state index contributed by atoms with van der Waals surface area (Å²) in [5, 5.41) is 1.93. The Morgan fingerprint density at radius 2 is 1.88 bits per heavy atom. The number of amides is 1. The van der Waals surface area contributed by atoms with Gasteiger partial charge in [0.05, 0.1) is 0 Å². The summed E-state index contributed by atoms with van der Waals surface area (Å²) in [6.07, 6.45) is 3.80. The number of H-pyrrole nitrogens is 1. The van der Waals surface area contributed by atoms with E-state index in [1.807, 2.05) is 18.2 Å². The third-order valence-corrected chi connectivity index (χ3v) is 5.66. The molecule has 0 atom stereocenters. The minimum absolute atomic E-state index is 0.172. The van der Waals surface area contributed by atoms with E-state index >= 15 is 0 Å². The van der Waals surface area contributed by atoms with E-state index in [2.05, 4.69) is 16.0 Å². The van der Waals surface area contributed by atoms with Gasteiger partial charge in [0.25, 0.3) is 0 Å². The van der Waals surface area contributed by atoms with Crippen LogP contribution in [-0.2, 0) is 9.53 Å². The molecular formula is C19H23ClN2O2. The minimum atomic E-state index is 0.172. The largest absolute Gasteiger partial charge is 0.381 e. The SMILES string of the molecule is O=C(C1CCOCC1)N1CCC(c2cc3cc(Cl)ccc3[nH]2)CC1. The van der Waals surface area contributed by atoms with E-state index < -0.39 is 0 Å². The van der Waals surface area contributed by atoms with Crippen molar-refractivity contribution in [3.63, 3.8) is 0 Å². The lowest BCUT2D eigenvalue weighted by atomic mass is 9.91. The lowest BCUT2D eigenvalue weighted by Gasteiger charge is -2.35. The van der Waals surface area contributed by atoms with Crippen molar-refractivity contribution >= 4 is 28.4 Å². The number of hydrogen-bond acceptors (Lipinski definition) is 2. The van der Waals surface area contributed by atoms with E-state index in [4.69, 9.17) is 16.3 Å². The summed E-state index contributed by atoms with van der Waals surface area (Å²) in [6, 6.07) is 8.16. The molecule has 1 amide bonds. The Kier molecular flexibility index (Phi) is 4.51. The maximum atomic E-state index is 12.6. The number of hydrogen-bond donors (Lipinski definition) is 1. The molecule has 2 aromatic rings. The Labute approximate surface area is 147 Å². The number of rotatable bonds is 2. The highest BCUT2D eigenvalue weighted by Gasteiger charge is 2.30.